The number of carbonyl (C=O) groups is 1. The van der Waals surface area contributed by atoms with Gasteiger partial charge in [-0.2, -0.15) is 0 Å². The molecule has 1 aromatic heterocycles. The summed E-state index contributed by atoms with van der Waals surface area (Å²) in [6.07, 6.45) is 7.62. The number of nitrogens with zero attached hydrogens (tertiary/aromatic N) is 2. The van der Waals surface area contributed by atoms with Crippen molar-refractivity contribution in [3.63, 3.8) is 0 Å². The summed E-state index contributed by atoms with van der Waals surface area (Å²) in [5.74, 6) is -0.362. The molecule has 0 aliphatic carbocycles. The topological polar surface area (TPSA) is 51.5 Å². The third kappa shape index (κ3) is 3.91. The molecular formula is C25H19N2O2P. The lowest BCUT2D eigenvalue weighted by Gasteiger charge is -2.11. The largest absolute Gasteiger partial charge is 0.465 e. The summed E-state index contributed by atoms with van der Waals surface area (Å²) < 4.78 is 4.88. The smallest absolute Gasteiger partial charge is 0.337 e. The van der Waals surface area contributed by atoms with Gasteiger partial charge in [-0.25, -0.2) is 9.79 Å². The van der Waals surface area contributed by atoms with Gasteiger partial charge in [0, 0.05) is 22.5 Å². The molecule has 0 bridgehead atoms. The van der Waals surface area contributed by atoms with Crippen LogP contribution in [0.4, 0.5) is 5.69 Å². The molecule has 0 aliphatic rings. The molecule has 0 atom stereocenters. The normalized spacial score (nSPS) is 11.6. The number of rotatable bonds is 5. The van der Waals surface area contributed by atoms with E-state index in [1.807, 2.05) is 72.9 Å². The summed E-state index contributed by atoms with van der Waals surface area (Å²) in [6.45, 7) is 0. The Hall–Kier alpha value is -3.62. The van der Waals surface area contributed by atoms with E-state index in [0.717, 1.165) is 46.8 Å². The Morgan fingerprint density at radius 2 is 1.73 bits per heavy atom. The highest BCUT2D eigenvalue weighted by molar-refractivity contribution is 7.57. The highest BCUT2D eigenvalue weighted by Gasteiger charge is 2.12. The second kappa shape index (κ2) is 8.81. The van der Waals surface area contributed by atoms with E-state index in [2.05, 4.69) is 11.3 Å². The van der Waals surface area contributed by atoms with Crippen LogP contribution in [0.25, 0.3) is 21.9 Å². The fourth-order valence-electron chi connectivity index (χ4n) is 3.37. The Morgan fingerprint density at radius 3 is 2.50 bits per heavy atom. The van der Waals surface area contributed by atoms with Crippen LogP contribution in [-0.2, 0) is 4.74 Å². The predicted molar refractivity (Wildman–Crippen MR) is 125 cm³/mol. The molecule has 0 spiro atoms. The maximum atomic E-state index is 12.0. The van der Waals surface area contributed by atoms with Crippen LogP contribution in [0.5, 0.6) is 0 Å². The molecule has 0 radical (unpaired) electrons. The molecule has 1 heterocycles. The maximum absolute atomic E-state index is 12.0. The SMILES string of the molecule is C=PC(=Nc1cncc2cccc(-c3cccc(C(=O)OC)c3)c12)c1ccccc1. The van der Waals surface area contributed by atoms with Crippen LogP contribution in [0.3, 0.4) is 0 Å². The molecule has 4 aromatic rings. The Balaban J connectivity index is 1.93. The van der Waals surface area contributed by atoms with Gasteiger partial charge in [0.1, 0.15) is 0 Å². The zero-order valence-electron chi connectivity index (χ0n) is 16.4. The fourth-order valence-corrected chi connectivity index (χ4v) is 3.88. The third-order valence-corrected chi connectivity index (χ3v) is 5.42. The molecule has 0 fully saturated rings. The quantitative estimate of drug-likeness (QED) is 0.225. The molecule has 3 aromatic carbocycles. The summed E-state index contributed by atoms with van der Waals surface area (Å²) in [5.41, 5.74) is 5.06. The Kier molecular flexibility index (Phi) is 5.78. The molecule has 30 heavy (non-hydrogen) atoms. The van der Waals surface area contributed by atoms with Gasteiger partial charge in [0.2, 0.25) is 0 Å². The van der Waals surface area contributed by atoms with Gasteiger partial charge in [-0.3, -0.25) is 4.98 Å². The number of pyridine rings is 1. The van der Waals surface area contributed by atoms with Crippen molar-refractivity contribution in [1.82, 2.24) is 4.98 Å². The minimum atomic E-state index is -0.362. The molecule has 5 heteroatoms. The minimum absolute atomic E-state index is 0.362. The molecule has 0 unspecified atom stereocenters. The average molecular weight is 410 g/mol. The van der Waals surface area contributed by atoms with E-state index >= 15 is 0 Å². The number of benzene rings is 3. The van der Waals surface area contributed by atoms with Gasteiger partial charge in [-0.15, -0.1) is 0 Å². The van der Waals surface area contributed by atoms with Crippen molar-refractivity contribution in [2.45, 2.75) is 0 Å². The van der Waals surface area contributed by atoms with E-state index in [4.69, 9.17) is 9.73 Å². The third-order valence-electron chi connectivity index (χ3n) is 4.77. The van der Waals surface area contributed by atoms with E-state index in [1.54, 1.807) is 12.3 Å². The van der Waals surface area contributed by atoms with Gasteiger partial charge in [-0.1, -0.05) is 75.2 Å². The standard InChI is InChI=1S/C25H19N2O2P/c1-29-25(28)19-11-6-10-18(14-19)21-13-7-12-20-15-26-16-22(23(20)21)27-24(30-2)17-8-4-3-5-9-17/h3-16H,2H2,1H3. The van der Waals surface area contributed by atoms with Crippen LogP contribution in [0.1, 0.15) is 15.9 Å². The summed E-state index contributed by atoms with van der Waals surface area (Å²) in [4.78, 5) is 21.3. The highest BCUT2D eigenvalue weighted by Crippen LogP contribution is 2.36. The maximum Gasteiger partial charge on any atom is 0.337 e. The van der Waals surface area contributed by atoms with Crippen molar-refractivity contribution in [3.05, 3.63) is 96.3 Å². The lowest BCUT2D eigenvalue weighted by atomic mass is 9.97. The van der Waals surface area contributed by atoms with Crippen molar-refractivity contribution < 1.29 is 9.53 Å². The number of fused-ring (bicyclic) bond motifs is 1. The second-order valence-electron chi connectivity index (χ2n) is 6.59. The first-order valence-electron chi connectivity index (χ1n) is 9.37. The second-order valence-corrected chi connectivity index (χ2v) is 7.33. The summed E-state index contributed by atoms with van der Waals surface area (Å²) >= 11 is 0. The first-order chi connectivity index (χ1) is 14.7. The minimum Gasteiger partial charge on any atom is -0.465 e. The summed E-state index contributed by atoms with van der Waals surface area (Å²) in [6, 6.07) is 23.4. The number of carbonyl (C=O) groups excluding carboxylic acids is 1. The van der Waals surface area contributed by atoms with Crippen LogP contribution in [0.2, 0.25) is 0 Å². The summed E-state index contributed by atoms with van der Waals surface area (Å²) in [5, 5.41) is 1.96. The Morgan fingerprint density at radius 1 is 0.967 bits per heavy atom. The van der Waals surface area contributed by atoms with Crippen LogP contribution in [-0.4, -0.2) is 29.8 Å². The number of aliphatic imine (C=N–C) groups is 1. The Labute approximate surface area is 176 Å². The molecule has 0 aliphatic heterocycles. The zero-order chi connectivity index (χ0) is 20.9. The molecule has 4 rings (SSSR count). The zero-order valence-corrected chi connectivity index (χ0v) is 17.3. The average Bonchev–Trinajstić information content (AvgIpc) is 2.82. The van der Waals surface area contributed by atoms with E-state index in [1.165, 1.54) is 7.11 Å². The van der Waals surface area contributed by atoms with Crippen molar-refractivity contribution >= 4 is 42.4 Å². The number of aromatic nitrogens is 1. The fraction of sp³-hybridized carbons (Fsp3) is 0.0400. The van der Waals surface area contributed by atoms with Crippen molar-refractivity contribution in [3.8, 4) is 11.1 Å². The van der Waals surface area contributed by atoms with E-state index in [9.17, 15) is 4.79 Å². The van der Waals surface area contributed by atoms with Crippen LogP contribution in [0, 0.1) is 0 Å². The van der Waals surface area contributed by atoms with Gasteiger partial charge in [0.15, 0.2) is 0 Å². The van der Waals surface area contributed by atoms with Crippen molar-refractivity contribution in [2.24, 2.45) is 4.99 Å². The highest BCUT2D eigenvalue weighted by atomic mass is 31.1. The number of hydrogen-bond acceptors (Lipinski definition) is 4. The Bertz CT molecular complexity index is 1260. The molecule has 0 amide bonds. The van der Waals surface area contributed by atoms with Crippen LogP contribution < -0.4 is 0 Å². The lowest BCUT2D eigenvalue weighted by Crippen LogP contribution is -2.00. The van der Waals surface area contributed by atoms with Crippen LogP contribution in [0.15, 0.2) is 90.2 Å². The van der Waals surface area contributed by atoms with Gasteiger partial charge in [0.25, 0.3) is 0 Å². The molecule has 0 saturated heterocycles. The monoisotopic (exact) mass is 410 g/mol. The molecular weight excluding hydrogens is 391 g/mol. The predicted octanol–water partition coefficient (Wildman–Crippen LogP) is 6.14. The first-order valence-corrected chi connectivity index (χ1v) is 10.5. The van der Waals surface area contributed by atoms with Gasteiger partial charge < -0.3 is 4.74 Å². The van der Waals surface area contributed by atoms with Crippen LogP contribution >= 0.6 is 8.20 Å². The number of hydrogen-bond donors (Lipinski definition) is 0. The first kappa shape index (κ1) is 19.7. The van der Waals surface area contributed by atoms with E-state index < -0.39 is 0 Å². The number of methoxy groups -OCH3 is 1. The van der Waals surface area contributed by atoms with E-state index in [-0.39, 0.29) is 5.97 Å². The van der Waals surface area contributed by atoms with Crippen molar-refractivity contribution in [1.29, 1.82) is 0 Å². The molecule has 0 saturated carbocycles. The lowest BCUT2D eigenvalue weighted by molar-refractivity contribution is 0.0601. The van der Waals surface area contributed by atoms with Gasteiger partial charge >= 0.3 is 5.97 Å². The van der Waals surface area contributed by atoms with Crippen molar-refractivity contribution in [2.75, 3.05) is 7.11 Å². The van der Waals surface area contributed by atoms with Gasteiger partial charge in [0.05, 0.1) is 30.0 Å². The number of ether oxygens (including phenoxy) is 1. The van der Waals surface area contributed by atoms with Gasteiger partial charge in [-0.05, 0) is 23.3 Å². The molecule has 4 nitrogen and oxygen atoms in total. The van der Waals surface area contributed by atoms with E-state index in [0.29, 0.717) is 5.56 Å². The molecule has 146 valence electrons. The molecule has 0 N–H and O–H groups in total. The number of esters is 1. The summed E-state index contributed by atoms with van der Waals surface area (Å²) in [7, 11) is 2.20.